The van der Waals surface area contributed by atoms with Gasteiger partial charge in [0.1, 0.15) is 12.4 Å². The number of nitrogens with two attached hydrogens (primary N) is 1. The molecule has 0 aliphatic carbocycles. The van der Waals surface area contributed by atoms with Crippen LogP contribution in [0.4, 0.5) is 5.82 Å². The number of hydrogen-bond acceptors (Lipinski definition) is 3. The summed E-state index contributed by atoms with van der Waals surface area (Å²) < 4.78 is 1.66. The van der Waals surface area contributed by atoms with Gasteiger partial charge >= 0.3 is 0 Å². The van der Waals surface area contributed by atoms with Gasteiger partial charge in [-0.25, -0.2) is 4.98 Å². The quantitative estimate of drug-likeness (QED) is 0.669. The molecule has 5 nitrogen and oxygen atoms in total. The van der Waals surface area contributed by atoms with Crippen molar-refractivity contribution in [3.8, 4) is 0 Å². The zero-order valence-electron chi connectivity index (χ0n) is 8.36. The highest BCUT2D eigenvalue weighted by Gasteiger charge is 2.01. The largest absolute Gasteiger partial charge is 0.382 e. The Morgan fingerprint density at radius 2 is 2.50 bits per heavy atom. The molecule has 0 aliphatic heterocycles. The minimum atomic E-state index is -0.00384. The van der Waals surface area contributed by atoms with Gasteiger partial charge in [-0.2, -0.15) is 0 Å². The van der Waals surface area contributed by atoms with Gasteiger partial charge in [-0.1, -0.05) is 13.3 Å². The first-order valence-electron chi connectivity index (χ1n) is 4.76. The summed E-state index contributed by atoms with van der Waals surface area (Å²) in [4.78, 5) is 15.1. The van der Waals surface area contributed by atoms with Crippen LogP contribution in [0.15, 0.2) is 12.5 Å². The number of nitrogens with zero attached hydrogens (tertiary/aromatic N) is 2. The van der Waals surface area contributed by atoms with Crippen LogP contribution in [0.3, 0.4) is 0 Å². The Hall–Kier alpha value is -1.52. The number of rotatable bonds is 5. The van der Waals surface area contributed by atoms with Crippen LogP contribution in [0.1, 0.15) is 19.8 Å². The van der Waals surface area contributed by atoms with Gasteiger partial charge in [-0.05, 0) is 6.42 Å². The number of anilines is 1. The van der Waals surface area contributed by atoms with E-state index in [2.05, 4.69) is 17.2 Å². The maximum atomic E-state index is 11.3. The Morgan fingerprint density at radius 1 is 1.71 bits per heavy atom. The van der Waals surface area contributed by atoms with Gasteiger partial charge in [-0.3, -0.25) is 4.79 Å². The van der Waals surface area contributed by atoms with E-state index < -0.39 is 0 Å². The summed E-state index contributed by atoms with van der Waals surface area (Å²) in [6, 6.07) is 0. The molecule has 0 fully saturated rings. The second kappa shape index (κ2) is 5.26. The van der Waals surface area contributed by atoms with Gasteiger partial charge in [0, 0.05) is 12.7 Å². The predicted octanol–water partition coefficient (Wildman–Crippen LogP) is 0.382. The molecule has 0 aromatic carbocycles. The summed E-state index contributed by atoms with van der Waals surface area (Å²) in [5.74, 6) is 0.433. The third kappa shape index (κ3) is 3.47. The molecule has 1 heterocycles. The lowest BCUT2D eigenvalue weighted by Gasteiger charge is -2.03. The van der Waals surface area contributed by atoms with E-state index in [9.17, 15) is 4.79 Å². The summed E-state index contributed by atoms with van der Waals surface area (Å²) in [6.45, 7) is 3.11. The van der Waals surface area contributed by atoms with E-state index in [-0.39, 0.29) is 12.5 Å². The summed E-state index contributed by atoms with van der Waals surface area (Å²) in [5.41, 5.74) is 5.41. The third-order valence-electron chi connectivity index (χ3n) is 1.83. The molecule has 0 spiro atoms. The van der Waals surface area contributed by atoms with Crippen LogP contribution >= 0.6 is 0 Å². The van der Waals surface area contributed by atoms with E-state index >= 15 is 0 Å². The summed E-state index contributed by atoms with van der Waals surface area (Å²) >= 11 is 0. The van der Waals surface area contributed by atoms with Gasteiger partial charge < -0.3 is 15.6 Å². The molecule has 3 N–H and O–H groups in total. The third-order valence-corrected chi connectivity index (χ3v) is 1.83. The normalized spacial score (nSPS) is 10.1. The van der Waals surface area contributed by atoms with Crippen molar-refractivity contribution in [1.29, 1.82) is 0 Å². The molecule has 0 atom stereocenters. The number of hydrogen-bond donors (Lipinski definition) is 2. The number of nitrogens with one attached hydrogen (secondary N) is 1. The first kappa shape index (κ1) is 10.6. The van der Waals surface area contributed by atoms with Crippen molar-refractivity contribution in [2.75, 3.05) is 12.3 Å². The number of amides is 1. The van der Waals surface area contributed by atoms with Gasteiger partial charge in [-0.15, -0.1) is 0 Å². The molecule has 5 heteroatoms. The van der Waals surface area contributed by atoms with E-state index in [1.165, 1.54) is 0 Å². The predicted molar refractivity (Wildman–Crippen MR) is 54.6 cm³/mol. The van der Waals surface area contributed by atoms with E-state index in [0.29, 0.717) is 5.82 Å². The highest BCUT2D eigenvalue weighted by atomic mass is 16.1. The number of unbranched alkanes of at least 4 members (excludes halogenated alkanes) is 1. The molecule has 0 unspecified atom stereocenters. The highest BCUT2D eigenvalue weighted by molar-refractivity contribution is 5.75. The maximum Gasteiger partial charge on any atom is 0.239 e. The first-order valence-corrected chi connectivity index (χ1v) is 4.76. The van der Waals surface area contributed by atoms with E-state index in [0.717, 1.165) is 19.4 Å². The topological polar surface area (TPSA) is 72.9 Å². The molecular formula is C9H16N4O. The van der Waals surface area contributed by atoms with Crippen LogP contribution in [0, 0.1) is 0 Å². The lowest BCUT2D eigenvalue weighted by Crippen LogP contribution is -2.27. The van der Waals surface area contributed by atoms with E-state index in [4.69, 9.17) is 5.73 Å². The molecule has 0 radical (unpaired) electrons. The van der Waals surface area contributed by atoms with Crippen LogP contribution < -0.4 is 11.1 Å². The SMILES string of the molecule is CCCCNC(=O)Cn1cnc(N)c1. The Morgan fingerprint density at radius 3 is 3.07 bits per heavy atom. The number of carbonyl (C=O) groups is 1. The summed E-state index contributed by atoms with van der Waals surface area (Å²) in [5, 5.41) is 2.81. The first-order chi connectivity index (χ1) is 6.72. The second-order valence-corrected chi connectivity index (χ2v) is 3.17. The molecule has 14 heavy (non-hydrogen) atoms. The van der Waals surface area contributed by atoms with Crippen LogP contribution in [-0.4, -0.2) is 22.0 Å². The monoisotopic (exact) mass is 196 g/mol. The lowest BCUT2D eigenvalue weighted by atomic mass is 10.3. The standard InChI is InChI=1S/C9H16N4O/c1-2-3-4-11-9(14)6-13-5-8(10)12-7-13/h5,7H,2-4,6,10H2,1H3,(H,11,14). The van der Waals surface area contributed by atoms with Crippen LogP contribution in [-0.2, 0) is 11.3 Å². The van der Waals surface area contributed by atoms with Crippen molar-refractivity contribution < 1.29 is 4.79 Å². The molecule has 0 saturated heterocycles. The van der Waals surface area contributed by atoms with Crippen molar-refractivity contribution >= 4 is 11.7 Å². The molecule has 78 valence electrons. The van der Waals surface area contributed by atoms with Crippen molar-refractivity contribution in [3.05, 3.63) is 12.5 Å². The number of nitrogen functional groups attached to an aromatic ring is 1. The van der Waals surface area contributed by atoms with Crippen molar-refractivity contribution in [1.82, 2.24) is 14.9 Å². The van der Waals surface area contributed by atoms with Crippen molar-refractivity contribution in [3.63, 3.8) is 0 Å². The Balaban J connectivity index is 2.27. The average molecular weight is 196 g/mol. The van der Waals surface area contributed by atoms with Gasteiger partial charge in [0.25, 0.3) is 0 Å². The fourth-order valence-corrected chi connectivity index (χ4v) is 1.09. The minimum absolute atomic E-state index is 0.00384. The molecule has 1 rings (SSSR count). The molecule has 0 aliphatic rings. The van der Waals surface area contributed by atoms with Gasteiger partial charge in [0.15, 0.2) is 0 Å². The second-order valence-electron chi connectivity index (χ2n) is 3.17. The zero-order valence-corrected chi connectivity index (χ0v) is 8.36. The Kier molecular flexibility index (Phi) is 3.97. The fourth-order valence-electron chi connectivity index (χ4n) is 1.09. The molecule has 1 amide bonds. The Labute approximate surface area is 83.3 Å². The fraction of sp³-hybridized carbons (Fsp3) is 0.556. The average Bonchev–Trinajstić information content (AvgIpc) is 2.52. The number of aromatic nitrogens is 2. The smallest absolute Gasteiger partial charge is 0.239 e. The molecule has 0 bridgehead atoms. The summed E-state index contributed by atoms with van der Waals surface area (Å²) in [6.07, 6.45) is 5.28. The van der Waals surface area contributed by atoms with Gasteiger partial charge in [0.05, 0.1) is 6.33 Å². The number of carbonyl (C=O) groups excluding carboxylic acids is 1. The Bertz CT molecular complexity index is 295. The molecule has 1 aromatic rings. The van der Waals surface area contributed by atoms with Crippen molar-refractivity contribution in [2.45, 2.75) is 26.3 Å². The number of imidazole rings is 1. The molecule has 0 saturated carbocycles. The van der Waals surface area contributed by atoms with Crippen LogP contribution in [0.5, 0.6) is 0 Å². The maximum absolute atomic E-state index is 11.3. The van der Waals surface area contributed by atoms with Crippen LogP contribution in [0.2, 0.25) is 0 Å². The van der Waals surface area contributed by atoms with Crippen molar-refractivity contribution in [2.24, 2.45) is 0 Å². The zero-order chi connectivity index (χ0) is 10.4. The summed E-state index contributed by atoms with van der Waals surface area (Å²) in [7, 11) is 0. The highest BCUT2D eigenvalue weighted by Crippen LogP contribution is 1.95. The molecular weight excluding hydrogens is 180 g/mol. The van der Waals surface area contributed by atoms with E-state index in [1.54, 1.807) is 17.1 Å². The lowest BCUT2D eigenvalue weighted by molar-refractivity contribution is -0.121. The van der Waals surface area contributed by atoms with E-state index in [1.807, 2.05) is 0 Å². The van der Waals surface area contributed by atoms with Gasteiger partial charge in [0.2, 0.25) is 5.91 Å². The van der Waals surface area contributed by atoms with Crippen LogP contribution in [0.25, 0.3) is 0 Å². The minimum Gasteiger partial charge on any atom is -0.382 e. The molecule has 1 aromatic heterocycles.